The van der Waals surface area contributed by atoms with Crippen molar-refractivity contribution >= 4 is 5.91 Å². The lowest BCUT2D eigenvalue weighted by Crippen LogP contribution is -2.52. The van der Waals surface area contributed by atoms with Gasteiger partial charge in [0.05, 0.1) is 31.5 Å². The summed E-state index contributed by atoms with van der Waals surface area (Å²) in [6.45, 7) is 10.4. The van der Waals surface area contributed by atoms with Crippen molar-refractivity contribution in [2.24, 2.45) is 0 Å². The van der Waals surface area contributed by atoms with Crippen LogP contribution in [0, 0.1) is 0 Å². The first kappa shape index (κ1) is 13.8. The van der Waals surface area contributed by atoms with Gasteiger partial charge in [-0.2, -0.15) is 0 Å². The van der Waals surface area contributed by atoms with Gasteiger partial charge in [0.15, 0.2) is 0 Å². The summed E-state index contributed by atoms with van der Waals surface area (Å²) in [7, 11) is 0. The Morgan fingerprint density at radius 1 is 1.11 bits per heavy atom. The molecular weight excluding hydrogens is 232 g/mol. The Kier molecular flexibility index (Phi) is 4.59. The quantitative estimate of drug-likeness (QED) is 0.714. The van der Waals surface area contributed by atoms with Crippen LogP contribution in [0.15, 0.2) is 0 Å². The Morgan fingerprint density at radius 2 is 1.78 bits per heavy atom. The van der Waals surface area contributed by atoms with Crippen LogP contribution in [-0.4, -0.2) is 73.3 Å². The molecule has 2 aliphatic rings. The first-order valence-electron chi connectivity index (χ1n) is 6.82. The van der Waals surface area contributed by atoms with Crippen molar-refractivity contribution < 1.29 is 14.3 Å². The summed E-state index contributed by atoms with van der Waals surface area (Å²) in [5.74, 6) is 0.214. The number of rotatable bonds is 2. The largest absolute Gasteiger partial charge is 0.375 e. The second-order valence-corrected chi connectivity index (χ2v) is 5.47. The van der Waals surface area contributed by atoms with E-state index in [1.807, 2.05) is 11.8 Å². The summed E-state index contributed by atoms with van der Waals surface area (Å²) < 4.78 is 11.1. The monoisotopic (exact) mass is 256 g/mol. The Morgan fingerprint density at radius 3 is 2.39 bits per heavy atom. The maximum atomic E-state index is 12.2. The molecule has 0 aliphatic carbocycles. The van der Waals surface area contributed by atoms with Crippen molar-refractivity contribution in [3.63, 3.8) is 0 Å². The first-order valence-corrected chi connectivity index (χ1v) is 6.82. The lowest BCUT2D eigenvalue weighted by Gasteiger charge is -2.37. The molecule has 0 unspecified atom stereocenters. The van der Waals surface area contributed by atoms with E-state index >= 15 is 0 Å². The molecule has 0 aromatic heterocycles. The second kappa shape index (κ2) is 5.99. The number of nitrogens with zero attached hydrogens (tertiary/aromatic N) is 2. The van der Waals surface area contributed by atoms with Crippen LogP contribution in [0.3, 0.4) is 0 Å². The average Bonchev–Trinajstić information content (AvgIpc) is 2.27. The van der Waals surface area contributed by atoms with Gasteiger partial charge in [0.25, 0.3) is 0 Å². The fourth-order valence-electron chi connectivity index (χ4n) is 2.75. The standard InChI is InChI=1S/C13H24N2O3/c1-10-8-15(4-5-17-10)13(16)9-14-6-11(2)18-12(3)7-14/h10-12H,4-9H2,1-3H3/t10-,11-,12+/m0/s1. The predicted molar refractivity (Wildman–Crippen MR) is 68.4 cm³/mol. The minimum absolute atomic E-state index is 0.158. The second-order valence-electron chi connectivity index (χ2n) is 5.47. The van der Waals surface area contributed by atoms with Gasteiger partial charge in [0.2, 0.25) is 5.91 Å². The highest BCUT2D eigenvalue weighted by molar-refractivity contribution is 5.78. The molecule has 0 N–H and O–H groups in total. The van der Waals surface area contributed by atoms with Crippen molar-refractivity contribution in [3.8, 4) is 0 Å². The third kappa shape index (κ3) is 3.67. The van der Waals surface area contributed by atoms with Gasteiger partial charge in [0, 0.05) is 26.2 Å². The number of amides is 1. The Labute approximate surface area is 109 Å². The molecule has 2 fully saturated rings. The zero-order valence-electron chi connectivity index (χ0n) is 11.6. The summed E-state index contributed by atoms with van der Waals surface area (Å²) in [6, 6.07) is 0. The highest BCUT2D eigenvalue weighted by Crippen LogP contribution is 2.11. The van der Waals surface area contributed by atoms with E-state index in [0.29, 0.717) is 19.7 Å². The van der Waals surface area contributed by atoms with E-state index < -0.39 is 0 Å². The van der Waals surface area contributed by atoms with Crippen LogP contribution >= 0.6 is 0 Å². The number of hydrogen-bond donors (Lipinski definition) is 0. The van der Waals surface area contributed by atoms with Crippen molar-refractivity contribution in [3.05, 3.63) is 0 Å². The van der Waals surface area contributed by atoms with Crippen LogP contribution in [0.4, 0.5) is 0 Å². The summed E-state index contributed by atoms with van der Waals surface area (Å²) in [5.41, 5.74) is 0. The summed E-state index contributed by atoms with van der Waals surface area (Å²) in [6.07, 6.45) is 0.584. The van der Waals surface area contributed by atoms with Crippen LogP contribution in [0.1, 0.15) is 20.8 Å². The van der Waals surface area contributed by atoms with Crippen LogP contribution in [0.5, 0.6) is 0 Å². The van der Waals surface area contributed by atoms with Gasteiger partial charge in [-0.3, -0.25) is 9.69 Å². The molecule has 2 aliphatic heterocycles. The number of carbonyl (C=O) groups is 1. The minimum Gasteiger partial charge on any atom is -0.375 e. The van der Waals surface area contributed by atoms with Crippen LogP contribution in [-0.2, 0) is 14.3 Å². The van der Waals surface area contributed by atoms with Crippen LogP contribution in [0.25, 0.3) is 0 Å². The molecule has 2 heterocycles. The van der Waals surface area contributed by atoms with Crippen LogP contribution < -0.4 is 0 Å². The lowest BCUT2D eigenvalue weighted by molar-refractivity contribution is -0.142. The van der Waals surface area contributed by atoms with E-state index in [-0.39, 0.29) is 24.2 Å². The molecule has 18 heavy (non-hydrogen) atoms. The van der Waals surface area contributed by atoms with Crippen molar-refractivity contribution in [2.75, 3.05) is 39.3 Å². The molecule has 1 amide bonds. The van der Waals surface area contributed by atoms with E-state index in [0.717, 1.165) is 19.6 Å². The van der Waals surface area contributed by atoms with E-state index in [2.05, 4.69) is 18.7 Å². The Hall–Kier alpha value is -0.650. The number of ether oxygens (including phenoxy) is 2. The summed E-state index contributed by atoms with van der Waals surface area (Å²) in [5, 5.41) is 0. The smallest absolute Gasteiger partial charge is 0.236 e. The predicted octanol–water partition coefficient (Wildman–Crippen LogP) is 0.343. The third-order valence-corrected chi connectivity index (χ3v) is 3.45. The van der Waals surface area contributed by atoms with E-state index in [1.54, 1.807) is 0 Å². The molecular formula is C13H24N2O3. The molecule has 0 bridgehead atoms. The maximum Gasteiger partial charge on any atom is 0.236 e. The zero-order chi connectivity index (χ0) is 13.1. The minimum atomic E-state index is 0.158. The summed E-state index contributed by atoms with van der Waals surface area (Å²) in [4.78, 5) is 16.3. The topological polar surface area (TPSA) is 42.0 Å². The normalized spacial score (nSPS) is 34.6. The molecule has 2 rings (SSSR count). The fraction of sp³-hybridized carbons (Fsp3) is 0.923. The van der Waals surface area contributed by atoms with Crippen molar-refractivity contribution in [1.82, 2.24) is 9.80 Å². The molecule has 0 saturated carbocycles. The van der Waals surface area contributed by atoms with Gasteiger partial charge >= 0.3 is 0 Å². The highest BCUT2D eigenvalue weighted by Gasteiger charge is 2.27. The third-order valence-electron chi connectivity index (χ3n) is 3.45. The fourth-order valence-corrected chi connectivity index (χ4v) is 2.75. The molecule has 0 spiro atoms. The molecule has 5 nitrogen and oxygen atoms in total. The number of hydrogen-bond acceptors (Lipinski definition) is 4. The molecule has 0 radical (unpaired) electrons. The van der Waals surface area contributed by atoms with Crippen molar-refractivity contribution in [1.29, 1.82) is 0 Å². The first-order chi connectivity index (χ1) is 8.54. The SMILES string of the molecule is C[C@@H]1CN(CC(=O)N2CCO[C@@H](C)C2)C[C@H](C)O1. The van der Waals surface area contributed by atoms with Gasteiger partial charge in [-0.1, -0.05) is 0 Å². The van der Waals surface area contributed by atoms with Gasteiger partial charge in [0.1, 0.15) is 0 Å². The van der Waals surface area contributed by atoms with E-state index in [4.69, 9.17) is 9.47 Å². The molecule has 3 atom stereocenters. The van der Waals surface area contributed by atoms with Gasteiger partial charge < -0.3 is 14.4 Å². The Balaban J connectivity index is 1.83. The van der Waals surface area contributed by atoms with Crippen molar-refractivity contribution in [2.45, 2.75) is 39.1 Å². The summed E-state index contributed by atoms with van der Waals surface area (Å²) >= 11 is 0. The number of morpholine rings is 2. The van der Waals surface area contributed by atoms with E-state index in [9.17, 15) is 4.79 Å². The average molecular weight is 256 g/mol. The molecule has 104 valence electrons. The van der Waals surface area contributed by atoms with Crippen LogP contribution in [0.2, 0.25) is 0 Å². The van der Waals surface area contributed by atoms with Gasteiger partial charge in [-0.15, -0.1) is 0 Å². The molecule has 2 saturated heterocycles. The molecule has 0 aromatic carbocycles. The van der Waals surface area contributed by atoms with Gasteiger partial charge in [-0.05, 0) is 20.8 Å². The van der Waals surface area contributed by atoms with Gasteiger partial charge in [-0.25, -0.2) is 0 Å². The molecule has 0 aromatic rings. The molecule has 5 heteroatoms. The highest BCUT2D eigenvalue weighted by atomic mass is 16.5. The lowest BCUT2D eigenvalue weighted by atomic mass is 10.2. The zero-order valence-corrected chi connectivity index (χ0v) is 11.6. The van der Waals surface area contributed by atoms with E-state index in [1.165, 1.54) is 0 Å². The maximum absolute atomic E-state index is 12.2. The number of carbonyl (C=O) groups excluding carboxylic acids is 1. The Bertz CT molecular complexity index is 288.